The molecule has 5 rings (SSSR count). The number of carboxylic acid groups (broad SMARTS) is 1. The fourth-order valence-electron chi connectivity index (χ4n) is 6.73. The molecule has 1 aromatic heterocycles. The number of pyridine rings is 1. The number of ether oxygens (including phenoxy) is 2. The van der Waals surface area contributed by atoms with Gasteiger partial charge in [0, 0.05) is 23.9 Å². The minimum absolute atomic E-state index is 0.00983. The van der Waals surface area contributed by atoms with E-state index in [0.717, 1.165) is 5.39 Å². The van der Waals surface area contributed by atoms with Crippen LogP contribution < -0.4 is 24.8 Å². The lowest BCUT2D eigenvalue weighted by Gasteiger charge is -2.35. The predicted octanol–water partition coefficient (Wildman–Crippen LogP) is 3.11. The Balaban J connectivity index is 1.43. The largest absolute Gasteiger partial charge is 0.497 e. The summed E-state index contributed by atoms with van der Waals surface area (Å²) in [7, 11) is -2.46. The molecule has 15 heteroatoms. The van der Waals surface area contributed by atoms with Crippen LogP contribution in [0.3, 0.4) is 0 Å². The Kier molecular flexibility index (Phi) is 9.63. The van der Waals surface area contributed by atoms with Gasteiger partial charge in [-0.1, -0.05) is 40.2 Å². The third kappa shape index (κ3) is 7.03. The molecule has 2 heterocycles. The molecule has 1 aliphatic heterocycles. The summed E-state index contributed by atoms with van der Waals surface area (Å²) < 4.78 is 39.4. The van der Waals surface area contributed by atoms with E-state index < -0.39 is 73.6 Å². The van der Waals surface area contributed by atoms with Crippen molar-refractivity contribution >= 4 is 44.6 Å². The number of amides is 4. The third-order valence-corrected chi connectivity index (χ3v) is 12.0. The van der Waals surface area contributed by atoms with E-state index in [-0.39, 0.29) is 25.3 Å². The van der Waals surface area contributed by atoms with Crippen LogP contribution in [0.25, 0.3) is 10.8 Å². The van der Waals surface area contributed by atoms with Crippen molar-refractivity contribution in [2.24, 2.45) is 11.3 Å². The van der Waals surface area contributed by atoms with Crippen LogP contribution in [0.1, 0.15) is 66.2 Å². The minimum atomic E-state index is -4.02. The van der Waals surface area contributed by atoms with Crippen molar-refractivity contribution in [2.75, 3.05) is 13.7 Å². The lowest BCUT2D eigenvalue weighted by atomic mass is 9.85. The van der Waals surface area contributed by atoms with E-state index in [4.69, 9.17) is 9.47 Å². The fourth-order valence-corrected chi connectivity index (χ4v) is 8.48. The Morgan fingerprint density at radius 1 is 1.20 bits per heavy atom. The first kappa shape index (κ1) is 35.9. The van der Waals surface area contributed by atoms with Gasteiger partial charge in [-0.25, -0.2) is 18.2 Å². The molecule has 49 heavy (non-hydrogen) atoms. The number of nitrogens with zero attached hydrogens (tertiary/aromatic N) is 2. The summed E-state index contributed by atoms with van der Waals surface area (Å²) in [5.74, 6) is -1.84. The summed E-state index contributed by atoms with van der Waals surface area (Å²) in [5, 5.41) is 16.1. The van der Waals surface area contributed by atoms with Gasteiger partial charge in [0.05, 0.1) is 18.4 Å². The minimum Gasteiger partial charge on any atom is -0.497 e. The molecule has 3 aliphatic rings. The highest BCUT2D eigenvalue weighted by atomic mass is 32.2. The van der Waals surface area contributed by atoms with E-state index in [0.29, 0.717) is 36.8 Å². The molecule has 0 radical (unpaired) electrons. The number of likely N-dealkylation sites (tertiary alicyclic amines) is 1. The highest BCUT2D eigenvalue weighted by molar-refractivity contribution is 7.91. The van der Waals surface area contributed by atoms with Crippen LogP contribution in [0.2, 0.25) is 0 Å². The van der Waals surface area contributed by atoms with Crippen molar-refractivity contribution in [3.63, 3.8) is 0 Å². The summed E-state index contributed by atoms with van der Waals surface area (Å²) in [6.45, 7) is 10.6. The first-order chi connectivity index (χ1) is 23.0. The molecule has 5 unspecified atom stereocenters. The summed E-state index contributed by atoms with van der Waals surface area (Å²) in [5.41, 5.74) is -2.45. The normalized spacial score (nSPS) is 24.8. The zero-order chi connectivity index (χ0) is 35.9. The SMILES string of the molecule is C=CC1CC1(NC(=O)C1CC(Oc2nccc3cc(OC)ccc23)CN1C(=O)C(NC(=O)O)C(C)(C)C)C(=O)NS(=O)(=O)C1(CCC)CC1. The highest BCUT2D eigenvalue weighted by Gasteiger charge is 2.63. The molecular formula is C34H45N5O9S. The van der Waals surface area contributed by atoms with Gasteiger partial charge in [-0.05, 0) is 60.7 Å². The molecule has 0 bridgehead atoms. The van der Waals surface area contributed by atoms with E-state index in [1.165, 1.54) is 11.0 Å². The molecule has 2 aromatic rings. The maximum Gasteiger partial charge on any atom is 0.405 e. The van der Waals surface area contributed by atoms with E-state index in [9.17, 15) is 32.7 Å². The predicted molar refractivity (Wildman–Crippen MR) is 180 cm³/mol. The van der Waals surface area contributed by atoms with Gasteiger partial charge in [0.2, 0.25) is 27.7 Å². The standard InChI is InChI=1S/C34H45N5O9S/c1-7-12-33(13-14-33)49(45,46)38-30(42)34(18-21(34)8-2)37-27(40)25-17-23(19-39(25)29(41)26(32(3,4)5)36-31(43)44)48-28-24-10-9-22(47-6)16-20(24)11-15-35-28/h8-11,15-16,21,23,25-26,36H,2,7,12-14,17-19H2,1,3-6H3,(H,37,40)(H,38,42)(H,43,44). The van der Waals surface area contributed by atoms with Crippen LogP contribution in [0.15, 0.2) is 43.1 Å². The van der Waals surface area contributed by atoms with Gasteiger partial charge >= 0.3 is 6.09 Å². The van der Waals surface area contributed by atoms with Crippen LogP contribution in [-0.2, 0) is 24.4 Å². The Labute approximate surface area is 286 Å². The maximum atomic E-state index is 14.1. The molecule has 266 valence electrons. The maximum absolute atomic E-state index is 14.1. The summed E-state index contributed by atoms with van der Waals surface area (Å²) in [6, 6.07) is 4.75. The third-order valence-electron chi connectivity index (χ3n) is 9.80. The van der Waals surface area contributed by atoms with Gasteiger partial charge < -0.3 is 30.1 Å². The number of fused-ring (bicyclic) bond motifs is 1. The molecular weight excluding hydrogens is 654 g/mol. The number of methoxy groups -OCH3 is 1. The quantitative estimate of drug-likeness (QED) is 0.226. The monoisotopic (exact) mass is 699 g/mol. The topological polar surface area (TPSA) is 193 Å². The molecule has 14 nitrogen and oxygen atoms in total. The van der Waals surface area contributed by atoms with E-state index in [1.807, 2.05) is 13.0 Å². The van der Waals surface area contributed by atoms with Gasteiger partial charge in [0.25, 0.3) is 5.91 Å². The number of hydrogen-bond donors (Lipinski definition) is 4. The Morgan fingerprint density at radius 3 is 2.49 bits per heavy atom. The average molecular weight is 700 g/mol. The molecule has 1 saturated heterocycles. The van der Waals surface area contributed by atoms with Crippen LogP contribution in [0, 0.1) is 11.3 Å². The van der Waals surface area contributed by atoms with Gasteiger partial charge in [0.15, 0.2) is 0 Å². The van der Waals surface area contributed by atoms with Crippen LogP contribution in [0.4, 0.5) is 4.79 Å². The summed E-state index contributed by atoms with van der Waals surface area (Å²) >= 11 is 0. The molecule has 4 amide bonds. The highest BCUT2D eigenvalue weighted by Crippen LogP contribution is 2.49. The zero-order valence-electron chi connectivity index (χ0n) is 28.4. The lowest BCUT2D eigenvalue weighted by molar-refractivity contribution is -0.142. The molecule has 2 aliphatic carbocycles. The van der Waals surface area contributed by atoms with Gasteiger partial charge in [-0.2, -0.15) is 0 Å². The number of rotatable bonds is 13. The van der Waals surface area contributed by atoms with Gasteiger partial charge in [-0.3, -0.25) is 19.1 Å². The first-order valence-corrected chi connectivity index (χ1v) is 17.9. The summed E-state index contributed by atoms with van der Waals surface area (Å²) in [6.07, 6.45) is 2.97. The molecule has 4 N–H and O–H groups in total. The molecule has 3 fully saturated rings. The smallest absolute Gasteiger partial charge is 0.405 e. The second-order valence-corrected chi connectivity index (χ2v) is 16.4. The number of nitrogens with one attached hydrogen (secondary N) is 3. The first-order valence-electron chi connectivity index (χ1n) is 16.4. The van der Waals surface area contributed by atoms with Crippen LogP contribution in [-0.4, -0.2) is 89.4 Å². The number of hydrogen-bond acceptors (Lipinski definition) is 9. The Bertz CT molecular complexity index is 1770. The molecule has 0 spiro atoms. The van der Waals surface area contributed by atoms with Crippen molar-refractivity contribution in [3.8, 4) is 11.6 Å². The van der Waals surface area contributed by atoms with Crippen molar-refractivity contribution in [3.05, 3.63) is 43.1 Å². The number of aromatic nitrogens is 1. The second-order valence-electron chi connectivity index (χ2n) is 14.3. The van der Waals surface area contributed by atoms with E-state index >= 15 is 0 Å². The zero-order valence-corrected chi connectivity index (χ0v) is 29.3. The number of benzene rings is 1. The van der Waals surface area contributed by atoms with E-state index in [1.54, 1.807) is 52.3 Å². The average Bonchev–Trinajstić information content (AvgIpc) is 3.94. The van der Waals surface area contributed by atoms with Gasteiger partial charge in [0.1, 0.15) is 29.5 Å². The molecule has 2 saturated carbocycles. The van der Waals surface area contributed by atoms with Crippen LogP contribution >= 0.6 is 0 Å². The number of sulfonamides is 1. The Hall–Kier alpha value is -4.40. The number of carbonyl (C=O) groups excluding carboxylic acids is 3. The van der Waals surface area contributed by atoms with Crippen molar-refractivity contribution < 1.29 is 42.2 Å². The van der Waals surface area contributed by atoms with Crippen LogP contribution in [0.5, 0.6) is 11.6 Å². The van der Waals surface area contributed by atoms with E-state index in [2.05, 4.69) is 26.9 Å². The number of carbonyl (C=O) groups is 4. The van der Waals surface area contributed by atoms with Crippen molar-refractivity contribution in [1.82, 2.24) is 25.2 Å². The fraction of sp³-hybridized carbons (Fsp3) is 0.559. The second kappa shape index (κ2) is 13.1. The molecule has 5 atom stereocenters. The lowest BCUT2D eigenvalue weighted by Crippen LogP contribution is -2.60. The Morgan fingerprint density at radius 2 is 1.92 bits per heavy atom. The van der Waals surface area contributed by atoms with Gasteiger partial charge in [-0.15, -0.1) is 6.58 Å². The summed E-state index contributed by atoms with van der Waals surface area (Å²) in [4.78, 5) is 59.2. The van der Waals surface area contributed by atoms with Crippen molar-refractivity contribution in [2.45, 2.75) is 94.7 Å². The molecule has 1 aromatic carbocycles. The van der Waals surface area contributed by atoms with Crippen molar-refractivity contribution in [1.29, 1.82) is 0 Å².